The van der Waals surface area contributed by atoms with Crippen LogP contribution in [0.4, 0.5) is 23.2 Å². The quantitative estimate of drug-likeness (QED) is 0.336. The summed E-state index contributed by atoms with van der Waals surface area (Å²) in [5, 5.41) is 3.11. The highest BCUT2D eigenvalue weighted by molar-refractivity contribution is 7.94. The molecule has 1 atom stereocenters. The Morgan fingerprint density at radius 2 is 1.89 bits per heavy atom. The number of benzene rings is 2. The number of anilines is 1. The van der Waals surface area contributed by atoms with E-state index in [-0.39, 0.29) is 20.7 Å². The Morgan fingerprint density at radius 1 is 1.14 bits per heavy atom. The summed E-state index contributed by atoms with van der Waals surface area (Å²) in [4.78, 5) is 0.302. The third-order valence-corrected chi connectivity index (χ3v) is 9.02. The molecule has 1 aliphatic rings. The molecule has 0 spiro atoms. The van der Waals surface area contributed by atoms with Crippen LogP contribution < -0.4 is 19.5 Å². The molecule has 0 amide bonds. The van der Waals surface area contributed by atoms with E-state index in [1.165, 1.54) is 25.3 Å². The van der Waals surface area contributed by atoms with E-state index in [1.54, 1.807) is 6.92 Å². The van der Waals surface area contributed by atoms with Gasteiger partial charge in [-0.05, 0) is 55.4 Å². The molecular formula is C23H21ClF4N2O4S2. The van der Waals surface area contributed by atoms with Crippen LogP contribution in [0, 0.1) is 5.82 Å². The van der Waals surface area contributed by atoms with Gasteiger partial charge in [0, 0.05) is 19.0 Å². The van der Waals surface area contributed by atoms with Crippen molar-refractivity contribution in [2.45, 2.75) is 29.3 Å². The van der Waals surface area contributed by atoms with E-state index < -0.39 is 38.9 Å². The first-order valence-electron chi connectivity index (χ1n) is 10.6. The first-order chi connectivity index (χ1) is 16.8. The molecule has 4 rings (SSSR count). The van der Waals surface area contributed by atoms with Gasteiger partial charge in [0.2, 0.25) is 0 Å². The van der Waals surface area contributed by atoms with E-state index in [0.717, 1.165) is 35.6 Å². The van der Waals surface area contributed by atoms with Crippen LogP contribution in [0.5, 0.6) is 11.5 Å². The zero-order chi connectivity index (χ0) is 26.3. The van der Waals surface area contributed by atoms with Crippen molar-refractivity contribution in [3.63, 3.8) is 0 Å². The van der Waals surface area contributed by atoms with Crippen molar-refractivity contribution < 1.29 is 35.5 Å². The van der Waals surface area contributed by atoms with Gasteiger partial charge in [-0.2, -0.15) is 13.2 Å². The molecule has 1 saturated heterocycles. The lowest BCUT2D eigenvalue weighted by atomic mass is 10.1. The molecule has 0 aliphatic carbocycles. The summed E-state index contributed by atoms with van der Waals surface area (Å²) in [5.41, 5.74) is -1.66. The highest BCUT2D eigenvalue weighted by Gasteiger charge is 2.38. The van der Waals surface area contributed by atoms with Crippen molar-refractivity contribution in [3.8, 4) is 21.9 Å². The van der Waals surface area contributed by atoms with E-state index in [2.05, 4.69) is 10.0 Å². The van der Waals surface area contributed by atoms with E-state index in [9.17, 15) is 26.0 Å². The van der Waals surface area contributed by atoms with Gasteiger partial charge in [0.1, 0.15) is 15.6 Å². The standard InChI is InChI=1S/C23H21ClF4N2O4S2/c1-22(7-8-29-12-22)34-19-10-14(4-5-15(19)23(26,27)28)30-36(31,32)20-11-16(24)21(35-20)13-3-6-18(33-2)17(25)9-13/h3-6,9-11,29-30H,7-8,12H2,1-2H3/t22-/m1/s1. The van der Waals surface area contributed by atoms with Gasteiger partial charge in [0.25, 0.3) is 10.0 Å². The van der Waals surface area contributed by atoms with Gasteiger partial charge < -0.3 is 14.8 Å². The molecule has 36 heavy (non-hydrogen) atoms. The van der Waals surface area contributed by atoms with Crippen molar-refractivity contribution in [1.29, 1.82) is 0 Å². The van der Waals surface area contributed by atoms with E-state index in [0.29, 0.717) is 30.0 Å². The van der Waals surface area contributed by atoms with Crippen molar-refractivity contribution in [3.05, 3.63) is 58.9 Å². The molecule has 3 aromatic rings. The summed E-state index contributed by atoms with van der Waals surface area (Å²) in [6.45, 7) is 2.62. The molecule has 1 aromatic heterocycles. The fourth-order valence-electron chi connectivity index (χ4n) is 3.74. The van der Waals surface area contributed by atoms with Crippen LogP contribution >= 0.6 is 22.9 Å². The van der Waals surface area contributed by atoms with Crippen LogP contribution in [-0.2, 0) is 16.2 Å². The van der Waals surface area contributed by atoms with E-state index >= 15 is 0 Å². The molecule has 13 heteroatoms. The third kappa shape index (κ3) is 5.56. The Hall–Kier alpha value is -2.54. The molecule has 0 bridgehead atoms. The summed E-state index contributed by atoms with van der Waals surface area (Å²) in [6, 6.07) is 8.07. The number of ether oxygens (including phenoxy) is 2. The largest absolute Gasteiger partial charge is 0.494 e. The summed E-state index contributed by atoms with van der Waals surface area (Å²) >= 11 is 7.02. The van der Waals surface area contributed by atoms with Gasteiger partial charge in [-0.25, -0.2) is 12.8 Å². The fraction of sp³-hybridized carbons (Fsp3) is 0.304. The van der Waals surface area contributed by atoms with Gasteiger partial charge in [0.05, 0.1) is 28.3 Å². The minimum Gasteiger partial charge on any atom is -0.494 e. The number of rotatable bonds is 7. The fourth-order valence-corrected chi connectivity index (χ4v) is 6.61. The SMILES string of the molecule is COc1ccc(-c2sc(S(=O)(=O)Nc3ccc(C(F)(F)F)c(O[C@]4(C)CCNC4)c3)cc2Cl)cc1F. The lowest BCUT2D eigenvalue weighted by Crippen LogP contribution is -2.35. The second kappa shape index (κ2) is 9.73. The molecule has 2 heterocycles. The first kappa shape index (κ1) is 26.5. The molecule has 1 aliphatic heterocycles. The maximum atomic E-state index is 14.1. The van der Waals surface area contributed by atoms with Crippen LogP contribution in [0.15, 0.2) is 46.7 Å². The monoisotopic (exact) mass is 564 g/mol. The lowest BCUT2D eigenvalue weighted by Gasteiger charge is -2.27. The van der Waals surface area contributed by atoms with Crippen LogP contribution in [0.2, 0.25) is 5.02 Å². The zero-order valence-electron chi connectivity index (χ0n) is 19.0. The Morgan fingerprint density at radius 3 is 2.50 bits per heavy atom. The lowest BCUT2D eigenvalue weighted by molar-refractivity contribution is -0.139. The number of methoxy groups -OCH3 is 1. The Balaban J connectivity index is 1.64. The topological polar surface area (TPSA) is 76.7 Å². The molecule has 2 N–H and O–H groups in total. The predicted octanol–water partition coefficient (Wildman–Crippen LogP) is 6.17. The highest BCUT2D eigenvalue weighted by atomic mass is 35.5. The number of hydrogen-bond acceptors (Lipinski definition) is 6. The number of hydrogen-bond donors (Lipinski definition) is 2. The zero-order valence-corrected chi connectivity index (χ0v) is 21.4. The number of sulfonamides is 1. The van der Waals surface area contributed by atoms with Crippen LogP contribution in [0.1, 0.15) is 18.9 Å². The van der Waals surface area contributed by atoms with Crippen LogP contribution in [-0.4, -0.2) is 34.2 Å². The van der Waals surface area contributed by atoms with Gasteiger partial charge in [-0.3, -0.25) is 4.72 Å². The van der Waals surface area contributed by atoms with Gasteiger partial charge in [-0.15, -0.1) is 11.3 Å². The van der Waals surface area contributed by atoms with Crippen LogP contribution in [0.25, 0.3) is 10.4 Å². The minimum absolute atomic E-state index is 0.0171. The normalized spacial score (nSPS) is 18.3. The smallest absolute Gasteiger partial charge is 0.419 e. The van der Waals surface area contributed by atoms with Crippen molar-refractivity contribution in [2.75, 3.05) is 24.9 Å². The third-order valence-electron chi connectivity index (χ3n) is 5.57. The van der Waals surface area contributed by atoms with Gasteiger partial charge >= 0.3 is 6.18 Å². The summed E-state index contributed by atoms with van der Waals surface area (Å²) in [7, 11) is -2.92. The first-order valence-corrected chi connectivity index (χ1v) is 13.3. The van der Waals surface area contributed by atoms with Crippen molar-refractivity contribution >= 4 is 38.6 Å². The van der Waals surface area contributed by atoms with E-state index in [4.69, 9.17) is 21.1 Å². The van der Waals surface area contributed by atoms with Gasteiger partial charge in [0.15, 0.2) is 11.6 Å². The molecular weight excluding hydrogens is 544 g/mol. The predicted molar refractivity (Wildman–Crippen MR) is 130 cm³/mol. The molecule has 0 saturated carbocycles. The minimum atomic E-state index is -4.70. The van der Waals surface area contributed by atoms with Crippen molar-refractivity contribution in [2.24, 2.45) is 0 Å². The number of nitrogens with one attached hydrogen (secondary N) is 2. The van der Waals surface area contributed by atoms with Crippen LogP contribution in [0.3, 0.4) is 0 Å². The number of alkyl halides is 3. The average Bonchev–Trinajstić information content (AvgIpc) is 3.39. The Bertz CT molecular complexity index is 1390. The Kier molecular flexibility index (Phi) is 7.17. The summed E-state index contributed by atoms with van der Waals surface area (Å²) < 4.78 is 93.6. The van der Waals surface area contributed by atoms with Crippen molar-refractivity contribution in [1.82, 2.24) is 5.32 Å². The second-order valence-corrected chi connectivity index (χ2v) is 11.8. The molecule has 6 nitrogen and oxygen atoms in total. The Labute approximate surface area is 214 Å². The molecule has 0 unspecified atom stereocenters. The number of thiophene rings is 1. The average molecular weight is 565 g/mol. The summed E-state index contributed by atoms with van der Waals surface area (Å²) in [5.74, 6) is -1.11. The maximum absolute atomic E-state index is 14.1. The maximum Gasteiger partial charge on any atom is 0.419 e. The molecule has 194 valence electrons. The molecule has 0 radical (unpaired) electrons. The van der Waals surface area contributed by atoms with Gasteiger partial charge in [-0.1, -0.05) is 11.6 Å². The number of halogens is 5. The second-order valence-electron chi connectivity index (χ2n) is 8.38. The molecule has 1 fully saturated rings. The van der Waals surface area contributed by atoms with E-state index in [1.807, 2.05) is 0 Å². The molecule has 2 aromatic carbocycles. The highest BCUT2D eigenvalue weighted by Crippen LogP contribution is 2.42. The summed E-state index contributed by atoms with van der Waals surface area (Å²) in [6.07, 6.45) is -4.21.